The van der Waals surface area contributed by atoms with E-state index in [0.717, 1.165) is 12.8 Å². The lowest BCUT2D eigenvalue weighted by atomic mass is 9.92. The van der Waals surface area contributed by atoms with Gasteiger partial charge >= 0.3 is 0 Å². The van der Waals surface area contributed by atoms with Gasteiger partial charge in [0.2, 0.25) is 0 Å². The quantitative estimate of drug-likeness (QED) is 0.530. The molecule has 62 valence electrons. The standard InChI is InChI=1S/C9H14O2/c10-8-3-6-9(11-7-8)4-1-2-5-9/h1-7H2. The molecule has 2 rings (SSSR count). The van der Waals surface area contributed by atoms with E-state index in [4.69, 9.17) is 4.74 Å². The van der Waals surface area contributed by atoms with Crippen molar-refractivity contribution in [3.63, 3.8) is 0 Å². The molecule has 2 fully saturated rings. The minimum atomic E-state index is 0.133. The van der Waals surface area contributed by atoms with Gasteiger partial charge in [-0.05, 0) is 19.3 Å². The zero-order chi connectivity index (χ0) is 7.73. The largest absolute Gasteiger partial charge is 0.367 e. The molecule has 1 aliphatic carbocycles. The van der Waals surface area contributed by atoms with Crippen LogP contribution in [0.5, 0.6) is 0 Å². The summed E-state index contributed by atoms with van der Waals surface area (Å²) in [5, 5.41) is 0. The van der Waals surface area contributed by atoms with Gasteiger partial charge in [0.1, 0.15) is 6.61 Å². The predicted octanol–water partition coefficient (Wildman–Crippen LogP) is 1.68. The van der Waals surface area contributed by atoms with Crippen molar-refractivity contribution in [3.8, 4) is 0 Å². The average molecular weight is 154 g/mol. The van der Waals surface area contributed by atoms with E-state index >= 15 is 0 Å². The van der Waals surface area contributed by atoms with E-state index in [1.807, 2.05) is 0 Å². The summed E-state index contributed by atoms with van der Waals surface area (Å²) in [6.45, 7) is 0.375. The smallest absolute Gasteiger partial charge is 0.158 e. The van der Waals surface area contributed by atoms with E-state index in [-0.39, 0.29) is 11.4 Å². The number of Topliss-reactive ketones (excluding diaryl/α,β-unsaturated/α-hetero) is 1. The van der Waals surface area contributed by atoms with Crippen molar-refractivity contribution in [2.75, 3.05) is 6.61 Å². The molecule has 2 aliphatic rings. The molecular formula is C9H14O2. The maximum atomic E-state index is 10.9. The maximum absolute atomic E-state index is 10.9. The van der Waals surface area contributed by atoms with Crippen LogP contribution in [0.3, 0.4) is 0 Å². The zero-order valence-electron chi connectivity index (χ0n) is 6.77. The summed E-state index contributed by atoms with van der Waals surface area (Å²) >= 11 is 0. The first-order valence-electron chi connectivity index (χ1n) is 4.46. The summed E-state index contributed by atoms with van der Waals surface area (Å²) in [7, 11) is 0. The highest BCUT2D eigenvalue weighted by Gasteiger charge is 2.38. The van der Waals surface area contributed by atoms with Crippen LogP contribution in [0.2, 0.25) is 0 Å². The molecule has 2 heteroatoms. The molecule has 1 heterocycles. The Labute approximate surface area is 66.9 Å². The van der Waals surface area contributed by atoms with Crippen molar-refractivity contribution in [1.29, 1.82) is 0 Å². The van der Waals surface area contributed by atoms with Crippen LogP contribution in [0.4, 0.5) is 0 Å². The molecule has 1 saturated heterocycles. The number of ether oxygens (including phenoxy) is 1. The van der Waals surface area contributed by atoms with Crippen LogP contribution in [0.15, 0.2) is 0 Å². The SMILES string of the molecule is O=C1CCC2(CCCC2)OC1. The Morgan fingerprint density at radius 1 is 1.18 bits per heavy atom. The third-order valence-electron chi connectivity index (χ3n) is 2.91. The lowest BCUT2D eigenvalue weighted by molar-refractivity contribution is -0.141. The fraction of sp³-hybridized carbons (Fsp3) is 0.889. The number of hydrogen-bond acceptors (Lipinski definition) is 2. The van der Waals surface area contributed by atoms with Gasteiger partial charge in [-0.1, -0.05) is 12.8 Å². The Bertz CT molecular complexity index is 156. The Kier molecular flexibility index (Phi) is 1.72. The number of hydrogen-bond donors (Lipinski definition) is 0. The van der Waals surface area contributed by atoms with Gasteiger partial charge in [0, 0.05) is 6.42 Å². The molecule has 0 atom stereocenters. The topological polar surface area (TPSA) is 26.3 Å². The second kappa shape index (κ2) is 2.59. The van der Waals surface area contributed by atoms with Gasteiger partial charge < -0.3 is 4.74 Å². The number of carbonyl (C=O) groups excluding carboxylic acids is 1. The highest BCUT2D eigenvalue weighted by molar-refractivity contribution is 5.80. The highest BCUT2D eigenvalue weighted by Crippen LogP contribution is 2.38. The molecule has 0 bridgehead atoms. The van der Waals surface area contributed by atoms with Crippen LogP contribution in [-0.4, -0.2) is 18.0 Å². The second-order valence-corrected chi connectivity index (χ2v) is 3.72. The first kappa shape index (κ1) is 7.29. The summed E-state index contributed by atoms with van der Waals surface area (Å²) in [5.41, 5.74) is 0.133. The second-order valence-electron chi connectivity index (χ2n) is 3.72. The summed E-state index contributed by atoms with van der Waals surface area (Å²) in [6.07, 6.45) is 6.66. The van der Waals surface area contributed by atoms with Gasteiger partial charge in [0.05, 0.1) is 5.60 Å². The molecule has 0 radical (unpaired) electrons. The molecule has 1 spiro atoms. The first-order chi connectivity index (χ1) is 5.31. The summed E-state index contributed by atoms with van der Waals surface area (Å²) in [4.78, 5) is 10.9. The average Bonchev–Trinajstić information content (AvgIpc) is 2.45. The fourth-order valence-corrected chi connectivity index (χ4v) is 2.16. The molecule has 1 aliphatic heterocycles. The van der Waals surface area contributed by atoms with Crippen molar-refractivity contribution in [2.45, 2.75) is 44.1 Å². The molecule has 0 aromatic rings. The van der Waals surface area contributed by atoms with Gasteiger partial charge in [0.15, 0.2) is 5.78 Å². The van der Waals surface area contributed by atoms with Gasteiger partial charge in [-0.3, -0.25) is 4.79 Å². The predicted molar refractivity (Wildman–Crippen MR) is 41.4 cm³/mol. The van der Waals surface area contributed by atoms with E-state index < -0.39 is 0 Å². The van der Waals surface area contributed by atoms with Crippen LogP contribution in [0.1, 0.15) is 38.5 Å². The fourth-order valence-electron chi connectivity index (χ4n) is 2.16. The van der Waals surface area contributed by atoms with Crippen LogP contribution in [-0.2, 0) is 9.53 Å². The Morgan fingerprint density at radius 2 is 1.91 bits per heavy atom. The van der Waals surface area contributed by atoms with Gasteiger partial charge in [-0.15, -0.1) is 0 Å². The van der Waals surface area contributed by atoms with Crippen LogP contribution in [0, 0.1) is 0 Å². The van der Waals surface area contributed by atoms with Gasteiger partial charge in [-0.25, -0.2) is 0 Å². The van der Waals surface area contributed by atoms with Crippen LogP contribution in [0.25, 0.3) is 0 Å². The van der Waals surface area contributed by atoms with Crippen LogP contribution < -0.4 is 0 Å². The summed E-state index contributed by atoms with van der Waals surface area (Å²) in [5.74, 6) is 0.280. The molecule has 0 N–H and O–H groups in total. The molecule has 1 saturated carbocycles. The third kappa shape index (κ3) is 1.32. The molecule has 0 aromatic carbocycles. The van der Waals surface area contributed by atoms with E-state index in [2.05, 4.69) is 0 Å². The Morgan fingerprint density at radius 3 is 2.45 bits per heavy atom. The van der Waals surface area contributed by atoms with Gasteiger partial charge in [0.25, 0.3) is 0 Å². The first-order valence-corrected chi connectivity index (χ1v) is 4.46. The van der Waals surface area contributed by atoms with Gasteiger partial charge in [-0.2, -0.15) is 0 Å². The Balaban J connectivity index is 1.99. The zero-order valence-corrected chi connectivity index (χ0v) is 6.77. The monoisotopic (exact) mass is 154 g/mol. The summed E-state index contributed by atoms with van der Waals surface area (Å²) < 4.78 is 5.59. The molecule has 0 unspecified atom stereocenters. The Hall–Kier alpha value is -0.370. The normalized spacial score (nSPS) is 29.6. The summed E-state index contributed by atoms with van der Waals surface area (Å²) in [6, 6.07) is 0. The van der Waals surface area contributed by atoms with Crippen molar-refractivity contribution in [3.05, 3.63) is 0 Å². The highest BCUT2D eigenvalue weighted by atomic mass is 16.5. The molecular weight excluding hydrogens is 140 g/mol. The van der Waals surface area contributed by atoms with Crippen molar-refractivity contribution in [1.82, 2.24) is 0 Å². The van der Waals surface area contributed by atoms with Crippen molar-refractivity contribution in [2.24, 2.45) is 0 Å². The molecule has 2 nitrogen and oxygen atoms in total. The lowest BCUT2D eigenvalue weighted by Crippen LogP contribution is -2.36. The van der Waals surface area contributed by atoms with E-state index in [1.54, 1.807) is 0 Å². The lowest BCUT2D eigenvalue weighted by Gasteiger charge is -2.32. The van der Waals surface area contributed by atoms with Crippen LogP contribution >= 0.6 is 0 Å². The minimum Gasteiger partial charge on any atom is -0.367 e. The molecule has 11 heavy (non-hydrogen) atoms. The number of ketones is 1. The van der Waals surface area contributed by atoms with Crippen molar-refractivity contribution >= 4 is 5.78 Å². The van der Waals surface area contributed by atoms with Crippen molar-refractivity contribution < 1.29 is 9.53 Å². The maximum Gasteiger partial charge on any atom is 0.158 e. The van der Waals surface area contributed by atoms with E-state index in [1.165, 1.54) is 25.7 Å². The van der Waals surface area contributed by atoms with E-state index in [9.17, 15) is 4.79 Å². The number of rotatable bonds is 0. The molecule has 0 aromatic heterocycles. The van der Waals surface area contributed by atoms with E-state index in [0.29, 0.717) is 6.61 Å². The number of carbonyl (C=O) groups is 1. The molecule has 0 amide bonds. The third-order valence-corrected chi connectivity index (χ3v) is 2.91. The minimum absolute atomic E-state index is 0.133.